The third-order valence-corrected chi connectivity index (χ3v) is 8.29. The maximum Gasteiger partial charge on any atom is 0.272 e. The molecule has 0 aliphatic heterocycles. The number of rotatable bonds is 14. The number of anilines is 2. The topological polar surface area (TPSA) is 213 Å². The molecular weight excluding hydrogens is 654 g/mol. The molecule has 3 aromatic heterocycles. The van der Waals surface area contributed by atoms with Crippen LogP contribution in [0, 0.1) is 0 Å². The zero-order valence-electron chi connectivity index (χ0n) is 28.2. The fraction of sp³-hybridized carbons (Fsp3) is 0.222. The molecule has 51 heavy (non-hydrogen) atoms. The number of aromatic amines is 1. The fourth-order valence-electron chi connectivity index (χ4n) is 5.96. The van der Waals surface area contributed by atoms with Gasteiger partial charge in [-0.05, 0) is 72.8 Å². The minimum Gasteiger partial charge on any atom is -0.364 e. The van der Waals surface area contributed by atoms with Gasteiger partial charge < -0.3 is 56.3 Å². The van der Waals surface area contributed by atoms with Crippen molar-refractivity contribution in [1.82, 2.24) is 24.8 Å². The van der Waals surface area contributed by atoms with Gasteiger partial charge in [-0.3, -0.25) is 19.2 Å². The summed E-state index contributed by atoms with van der Waals surface area (Å²) in [5.41, 5.74) is 15.9. The van der Waals surface area contributed by atoms with Gasteiger partial charge >= 0.3 is 0 Å². The quantitative estimate of drug-likeness (QED) is 0.0898. The first-order valence-electron chi connectivity index (χ1n) is 16.2. The summed E-state index contributed by atoms with van der Waals surface area (Å²) in [6.07, 6.45) is 0. The van der Waals surface area contributed by atoms with Crippen LogP contribution < -0.4 is 32.7 Å². The predicted molar refractivity (Wildman–Crippen MR) is 195 cm³/mol. The van der Waals surface area contributed by atoms with Gasteiger partial charge in [-0.2, -0.15) is 0 Å². The molecule has 15 nitrogen and oxygen atoms in total. The average molecular weight is 694 g/mol. The number of hydrogen-bond donors (Lipinski definition) is 7. The van der Waals surface area contributed by atoms with Crippen molar-refractivity contribution in [3.63, 3.8) is 0 Å². The van der Waals surface area contributed by atoms with Gasteiger partial charge in [0, 0.05) is 79.0 Å². The van der Waals surface area contributed by atoms with Crippen molar-refractivity contribution in [2.45, 2.75) is 13.5 Å². The third-order valence-electron chi connectivity index (χ3n) is 8.29. The molecule has 3 aromatic carbocycles. The maximum absolute atomic E-state index is 13.3. The molecule has 0 saturated carbocycles. The standard InChI is InChI=1S/C36H39N9O6/c1-50-19-44-29-7-4-25(14-23(29)17-31(44)35(48)39-11-9-37)41-33(46)21-3-6-27-22(13-21)16-28(43-27)34(47)42-26-5-8-30-24(15-26)18-32(45(30)20-51-2)36(49)40-12-10-38/h3-8,13-18,43H,9-12,19-20,37-38H2,1-2H3,(H,39,48)(H,40,49)(H,41,46)(H,42,47). The van der Waals surface area contributed by atoms with Gasteiger partial charge in [0.1, 0.15) is 30.5 Å². The Hall–Kier alpha value is -6.00. The number of carbonyl (C=O) groups is 4. The number of aromatic nitrogens is 3. The second-order valence-corrected chi connectivity index (χ2v) is 11.8. The summed E-state index contributed by atoms with van der Waals surface area (Å²) in [6.45, 7) is 1.66. The van der Waals surface area contributed by atoms with Crippen LogP contribution in [0.25, 0.3) is 32.7 Å². The molecule has 9 N–H and O–H groups in total. The van der Waals surface area contributed by atoms with Crippen molar-refractivity contribution in [1.29, 1.82) is 0 Å². The highest BCUT2D eigenvalue weighted by Gasteiger charge is 2.19. The molecule has 0 unspecified atom stereocenters. The van der Waals surface area contributed by atoms with E-state index in [4.69, 9.17) is 20.9 Å². The van der Waals surface area contributed by atoms with Crippen LogP contribution in [0.2, 0.25) is 0 Å². The Bertz CT molecular complexity index is 2150. The summed E-state index contributed by atoms with van der Waals surface area (Å²) in [6, 6.07) is 21.0. The van der Waals surface area contributed by atoms with Gasteiger partial charge in [0.05, 0.1) is 11.0 Å². The molecule has 15 heteroatoms. The van der Waals surface area contributed by atoms with Crippen LogP contribution in [0.3, 0.4) is 0 Å². The Morgan fingerprint density at radius 1 is 0.627 bits per heavy atom. The first kappa shape index (κ1) is 34.8. The number of amides is 4. The Morgan fingerprint density at radius 3 is 1.67 bits per heavy atom. The summed E-state index contributed by atoms with van der Waals surface area (Å²) < 4.78 is 14.1. The summed E-state index contributed by atoms with van der Waals surface area (Å²) in [5.74, 6) is -1.27. The summed E-state index contributed by atoms with van der Waals surface area (Å²) >= 11 is 0. The van der Waals surface area contributed by atoms with E-state index in [1.165, 1.54) is 0 Å². The molecule has 0 radical (unpaired) electrons. The van der Waals surface area contributed by atoms with E-state index < -0.39 is 0 Å². The monoisotopic (exact) mass is 693 g/mol. The van der Waals surface area contributed by atoms with Gasteiger partial charge in [0.15, 0.2) is 0 Å². The lowest BCUT2D eigenvalue weighted by Gasteiger charge is -2.10. The van der Waals surface area contributed by atoms with E-state index in [0.717, 1.165) is 21.8 Å². The van der Waals surface area contributed by atoms with Crippen LogP contribution in [-0.4, -0.2) is 78.1 Å². The van der Waals surface area contributed by atoms with E-state index in [1.807, 2.05) is 12.1 Å². The van der Waals surface area contributed by atoms with E-state index in [0.29, 0.717) is 71.1 Å². The average Bonchev–Trinajstić information content (AvgIpc) is 3.83. The minimum absolute atomic E-state index is 0.171. The molecule has 0 spiro atoms. The molecule has 0 fully saturated rings. The molecule has 0 atom stereocenters. The zero-order chi connectivity index (χ0) is 36.1. The molecule has 0 bridgehead atoms. The smallest absolute Gasteiger partial charge is 0.272 e. The number of nitrogens with one attached hydrogen (secondary N) is 5. The molecule has 3 heterocycles. The molecular formula is C36H39N9O6. The zero-order valence-corrected chi connectivity index (χ0v) is 28.2. The highest BCUT2D eigenvalue weighted by molar-refractivity contribution is 6.10. The van der Waals surface area contributed by atoms with E-state index in [9.17, 15) is 19.2 Å². The largest absolute Gasteiger partial charge is 0.364 e. The van der Waals surface area contributed by atoms with Crippen LogP contribution in [0.5, 0.6) is 0 Å². The van der Waals surface area contributed by atoms with Gasteiger partial charge in [-0.15, -0.1) is 0 Å². The minimum atomic E-state index is -0.376. The number of hydrogen-bond acceptors (Lipinski definition) is 8. The lowest BCUT2D eigenvalue weighted by atomic mass is 10.1. The van der Waals surface area contributed by atoms with E-state index in [2.05, 4.69) is 26.3 Å². The number of carbonyl (C=O) groups excluding carboxylic acids is 4. The predicted octanol–water partition coefficient (Wildman–Crippen LogP) is 3.17. The van der Waals surface area contributed by atoms with E-state index >= 15 is 0 Å². The summed E-state index contributed by atoms with van der Waals surface area (Å²) in [5, 5.41) is 13.5. The molecule has 0 aliphatic carbocycles. The summed E-state index contributed by atoms with van der Waals surface area (Å²) in [4.78, 5) is 55.2. The van der Waals surface area contributed by atoms with Crippen molar-refractivity contribution in [3.8, 4) is 0 Å². The number of benzene rings is 3. The Balaban J connectivity index is 1.17. The summed E-state index contributed by atoms with van der Waals surface area (Å²) in [7, 11) is 3.10. The second-order valence-electron chi connectivity index (χ2n) is 11.8. The van der Waals surface area contributed by atoms with E-state index in [-0.39, 0.29) is 37.1 Å². The number of nitrogens with zero attached hydrogens (tertiary/aromatic N) is 2. The highest BCUT2D eigenvalue weighted by atomic mass is 16.5. The van der Waals surface area contributed by atoms with Crippen molar-refractivity contribution >= 4 is 67.7 Å². The molecule has 264 valence electrons. The first-order valence-corrected chi connectivity index (χ1v) is 16.2. The SMILES string of the molecule is COCn1c(C(=O)NCCN)cc2cc(NC(=O)c3ccc4[nH]c(C(=O)Nc5ccc6c(c5)cc(C(=O)NCCN)n6COC)cc4c3)ccc21. The van der Waals surface area contributed by atoms with Gasteiger partial charge in [-0.1, -0.05) is 0 Å². The number of nitrogens with two attached hydrogens (primary N) is 2. The molecule has 0 aliphatic rings. The second kappa shape index (κ2) is 15.3. The number of fused-ring (bicyclic) bond motifs is 3. The first-order chi connectivity index (χ1) is 24.7. The van der Waals surface area contributed by atoms with Crippen molar-refractivity contribution < 1.29 is 28.7 Å². The van der Waals surface area contributed by atoms with Crippen molar-refractivity contribution in [3.05, 3.63) is 95.4 Å². The van der Waals surface area contributed by atoms with Crippen LogP contribution in [0.1, 0.15) is 41.8 Å². The lowest BCUT2D eigenvalue weighted by Crippen LogP contribution is -2.30. The van der Waals surface area contributed by atoms with Crippen LogP contribution in [0.4, 0.5) is 11.4 Å². The van der Waals surface area contributed by atoms with Crippen LogP contribution in [0.15, 0.2) is 72.8 Å². The third kappa shape index (κ3) is 7.32. The van der Waals surface area contributed by atoms with Gasteiger partial charge in [0.25, 0.3) is 23.6 Å². The molecule has 6 aromatic rings. The molecule has 4 amide bonds. The van der Waals surface area contributed by atoms with E-state index in [1.54, 1.807) is 84.0 Å². The lowest BCUT2D eigenvalue weighted by molar-refractivity contribution is 0.0911. The normalized spacial score (nSPS) is 11.3. The number of H-pyrrole nitrogens is 1. The molecule has 6 rings (SSSR count). The van der Waals surface area contributed by atoms with Gasteiger partial charge in [0.2, 0.25) is 0 Å². The maximum atomic E-state index is 13.3. The number of methoxy groups -OCH3 is 2. The van der Waals surface area contributed by atoms with Crippen LogP contribution >= 0.6 is 0 Å². The van der Waals surface area contributed by atoms with Crippen molar-refractivity contribution in [2.75, 3.05) is 51.0 Å². The Labute approximate surface area is 292 Å². The fourth-order valence-corrected chi connectivity index (χ4v) is 5.96. The van der Waals surface area contributed by atoms with Crippen molar-refractivity contribution in [2.24, 2.45) is 11.5 Å². The highest BCUT2D eigenvalue weighted by Crippen LogP contribution is 2.27. The Kier molecular flexibility index (Phi) is 10.4. The van der Waals surface area contributed by atoms with Gasteiger partial charge in [-0.25, -0.2) is 0 Å². The molecule has 0 saturated heterocycles. The number of ether oxygens (including phenoxy) is 2. The Morgan fingerprint density at radius 2 is 1.16 bits per heavy atom. The van der Waals surface area contributed by atoms with Crippen LogP contribution in [-0.2, 0) is 22.9 Å².